The van der Waals surface area contributed by atoms with Crippen molar-refractivity contribution in [1.82, 2.24) is 20.4 Å². The van der Waals surface area contributed by atoms with Crippen LogP contribution in [-0.4, -0.2) is 43.0 Å². The number of nitrogens with one attached hydrogen (secondary N) is 2. The molecule has 0 aliphatic heterocycles. The summed E-state index contributed by atoms with van der Waals surface area (Å²) in [6.45, 7) is 3.95. The van der Waals surface area contributed by atoms with E-state index in [0.29, 0.717) is 5.92 Å². The number of ether oxygens (including phenoxy) is 1. The number of rotatable bonds is 8. The molecule has 0 fully saturated rings. The fourth-order valence-electron chi connectivity index (χ4n) is 2.65. The number of benzene rings is 1. The Morgan fingerprint density at radius 2 is 1.92 bits per heavy atom. The zero-order chi connectivity index (χ0) is 18.1. The maximum absolute atomic E-state index is 5.21. The Morgan fingerprint density at radius 3 is 2.50 bits per heavy atom. The molecule has 1 atom stereocenters. The first-order chi connectivity index (χ1) is 12.1. The molecule has 2 N–H and O–H groups in total. The second kappa shape index (κ2) is 11.8. The Kier molecular flexibility index (Phi) is 10.1. The largest absolute Gasteiger partial charge is 0.497 e. The lowest BCUT2D eigenvalue weighted by atomic mass is 9.98. The smallest absolute Gasteiger partial charge is 0.190 e. The Balaban J connectivity index is 0.00000338. The minimum absolute atomic E-state index is 0. The van der Waals surface area contributed by atoms with E-state index in [4.69, 9.17) is 4.74 Å². The van der Waals surface area contributed by atoms with Gasteiger partial charge in [0, 0.05) is 33.4 Å². The second-order valence-electron chi connectivity index (χ2n) is 6.16. The SMILES string of the molecule is CN=C(NCCc1cnn(C)c1)NCCC(C)c1ccc(OC)cc1.I. The third kappa shape index (κ3) is 7.23. The van der Waals surface area contributed by atoms with E-state index in [1.807, 2.05) is 36.3 Å². The number of hydrogen-bond acceptors (Lipinski definition) is 3. The first-order valence-electron chi connectivity index (χ1n) is 8.68. The van der Waals surface area contributed by atoms with Crippen LogP contribution in [0.1, 0.15) is 30.4 Å². The molecule has 26 heavy (non-hydrogen) atoms. The van der Waals surface area contributed by atoms with Crippen molar-refractivity contribution in [3.8, 4) is 5.75 Å². The van der Waals surface area contributed by atoms with Gasteiger partial charge in [-0.3, -0.25) is 9.67 Å². The van der Waals surface area contributed by atoms with Gasteiger partial charge in [-0.15, -0.1) is 24.0 Å². The van der Waals surface area contributed by atoms with E-state index in [9.17, 15) is 0 Å². The highest BCUT2D eigenvalue weighted by Gasteiger charge is 2.06. The minimum Gasteiger partial charge on any atom is -0.497 e. The van der Waals surface area contributed by atoms with Crippen molar-refractivity contribution in [2.24, 2.45) is 12.0 Å². The molecule has 144 valence electrons. The first kappa shape index (κ1) is 22.3. The van der Waals surface area contributed by atoms with Crippen LogP contribution < -0.4 is 15.4 Å². The summed E-state index contributed by atoms with van der Waals surface area (Å²) in [4.78, 5) is 4.27. The van der Waals surface area contributed by atoms with Crippen molar-refractivity contribution in [2.45, 2.75) is 25.7 Å². The fourth-order valence-corrected chi connectivity index (χ4v) is 2.65. The third-order valence-corrected chi connectivity index (χ3v) is 4.24. The fraction of sp³-hybridized carbons (Fsp3) is 0.474. The van der Waals surface area contributed by atoms with E-state index < -0.39 is 0 Å². The summed E-state index contributed by atoms with van der Waals surface area (Å²) in [6.07, 6.45) is 5.90. The Hall–Kier alpha value is -1.77. The molecule has 0 bridgehead atoms. The Morgan fingerprint density at radius 1 is 1.23 bits per heavy atom. The van der Waals surface area contributed by atoms with E-state index in [2.05, 4.69) is 39.8 Å². The summed E-state index contributed by atoms with van der Waals surface area (Å²) in [5.74, 6) is 2.21. The first-order valence-corrected chi connectivity index (χ1v) is 8.68. The molecule has 0 amide bonds. The molecule has 1 aromatic carbocycles. The molecule has 1 unspecified atom stereocenters. The summed E-state index contributed by atoms with van der Waals surface area (Å²) in [5, 5.41) is 10.9. The van der Waals surface area contributed by atoms with Crippen molar-refractivity contribution >= 4 is 29.9 Å². The molecule has 0 spiro atoms. The van der Waals surface area contributed by atoms with E-state index >= 15 is 0 Å². The summed E-state index contributed by atoms with van der Waals surface area (Å²) < 4.78 is 7.03. The zero-order valence-electron chi connectivity index (χ0n) is 16.0. The van der Waals surface area contributed by atoms with Gasteiger partial charge in [-0.2, -0.15) is 5.10 Å². The van der Waals surface area contributed by atoms with Gasteiger partial charge in [-0.05, 0) is 42.0 Å². The van der Waals surface area contributed by atoms with Gasteiger partial charge in [-0.1, -0.05) is 19.1 Å². The predicted molar refractivity (Wildman–Crippen MR) is 118 cm³/mol. The van der Waals surface area contributed by atoms with Crippen LogP contribution in [0.5, 0.6) is 5.75 Å². The average Bonchev–Trinajstić information content (AvgIpc) is 3.05. The number of guanidine groups is 1. The van der Waals surface area contributed by atoms with Crippen LogP contribution in [-0.2, 0) is 13.5 Å². The molecule has 1 aromatic heterocycles. The monoisotopic (exact) mass is 471 g/mol. The molecule has 2 aromatic rings. The van der Waals surface area contributed by atoms with Crippen LogP contribution >= 0.6 is 24.0 Å². The summed E-state index contributed by atoms with van der Waals surface area (Å²) in [5.41, 5.74) is 2.54. The number of halogens is 1. The lowest BCUT2D eigenvalue weighted by Crippen LogP contribution is -2.39. The van der Waals surface area contributed by atoms with Gasteiger partial charge in [0.15, 0.2) is 5.96 Å². The van der Waals surface area contributed by atoms with Crippen LogP contribution in [0.3, 0.4) is 0 Å². The molecule has 1 heterocycles. The average molecular weight is 471 g/mol. The second-order valence-corrected chi connectivity index (χ2v) is 6.16. The highest BCUT2D eigenvalue weighted by Crippen LogP contribution is 2.21. The predicted octanol–water partition coefficient (Wildman–Crippen LogP) is 2.95. The van der Waals surface area contributed by atoms with Crippen molar-refractivity contribution in [1.29, 1.82) is 0 Å². The minimum atomic E-state index is 0. The van der Waals surface area contributed by atoms with Crippen molar-refractivity contribution < 1.29 is 4.74 Å². The van der Waals surface area contributed by atoms with Gasteiger partial charge in [0.25, 0.3) is 0 Å². The van der Waals surface area contributed by atoms with Crippen LogP contribution in [0.25, 0.3) is 0 Å². The molecule has 2 rings (SSSR count). The van der Waals surface area contributed by atoms with Crippen molar-refractivity contribution in [3.63, 3.8) is 0 Å². The van der Waals surface area contributed by atoms with Gasteiger partial charge in [-0.25, -0.2) is 0 Å². The van der Waals surface area contributed by atoms with E-state index in [1.54, 1.807) is 14.2 Å². The highest BCUT2D eigenvalue weighted by atomic mass is 127. The van der Waals surface area contributed by atoms with Crippen LogP contribution in [0.4, 0.5) is 0 Å². The molecular weight excluding hydrogens is 441 g/mol. The number of aryl methyl sites for hydroxylation is 1. The van der Waals surface area contributed by atoms with Gasteiger partial charge in [0.1, 0.15) is 5.75 Å². The van der Waals surface area contributed by atoms with Crippen LogP contribution in [0, 0.1) is 0 Å². The normalized spacial score (nSPS) is 12.2. The Labute approximate surface area is 173 Å². The van der Waals surface area contributed by atoms with E-state index in [-0.39, 0.29) is 24.0 Å². The number of aromatic nitrogens is 2. The topological polar surface area (TPSA) is 63.5 Å². The van der Waals surface area contributed by atoms with Crippen LogP contribution in [0.2, 0.25) is 0 Å². The summed E-state index contributed by atoms with van der Waals surface area (Å²) in [6, 6.07) is 8.28. The number of nitrogens with zero attached hydrogens (tertiary/aromatic N) is 3. The summed E-state index contributed by atoms with van der Waals surface area (Å²) in [7, 11) is 5.42. The lowest BCUT2D eigenvalue weighted by molar-refractivity contribution is 0.414. The molecule has 6 nitrogen and oxygen atoms in total. The van der Waals surface area contributed by atoms with E-state index in [1.165, 1.54) is 11.1 Å². The third-order valence-electron chi connectivity index (χ3n) is 4.24. The quantitative estimate of drug-likeness (QED) is 0.353. The lowest BCUT2D eigenvalue weighted by Gasteiger charge is -2.15. The molecule has 0 radical (unpaired) electrons. The molecule has 0 saturated carbocycles. The summed E-state index contributed by atoms with van der Waals surface area (Å²) >= 11 is 0. The van der Waals surface area contributed by atoms with Crippen molar-refractivity contribution in [3.05, 3.63) is 47.8 Å². The van der Waals surface area contributed by atoms with Gasteiger partial charge in [0.2, 0.25) is 0 Å². The maximum Gasteiger partial charge on any atom is 0.190 e. The van der Waals surface area contributed by atoms with Gasteiger partial charge < -0.3 is 15.4 Å². The zero-order valence-corrected chi connectivity index (χ0v) is 18.4. The number of methoxy groups -OCH3 is 1. The van der Waals surface area contributed by atoms with Gasteiger partial charge in [0.05, 0.1) is 13.3 Å². The highest BCUT2D eigenvalue weighted by molar-refractivity contribution is 14.0. The van der Waals surface area contributed by atoms with Gasteiger partial charge >= 0.3 is 0 Å². The molecular formula is C19H30IN5O. The molecule has 0 saturated heterocycles. The number of hydrogen-bond donors (Lipinski definition) is 2. The van der Waals surface area contributed by atoms with E-state index in [0.717, 1.165) is 37.6 Å². The number of aliphatic imine (C=N–C) groups is 1. The standard InChI is InChI=1S/C19H29N5O.HI/c1-15(17-5-7-18(25-4)8-6-17)9-11-21-19(20-2)22-12-10-16-13-23-24(3)14-16;/h5-8,13-15H,9-12H2,1-4H3,(H2,20,21,22);1H. The Bertz CT molecular complexity index is 669. The molecule has 0 aliphatic rings. The maximum atomic E-state index is 5.21. The van der Waals surface area contributed by atoms with Crippen LogP contribution in [0.15, 0.2) is 41.7 Å². The van der Waals surface area contributed by atoms with Crippen molar-refractivity contribution in [2.75, 3.05) is 27.2 Å². The molecule has 0 aliphatic carbocycles. The molecule has 7 heteroatoms.